The van der Waals surface area contributed by atoms with Crippen molar-refractivity contribution in [3.63, 3.8) is 0 Å². The minimum absolute atomic E-state index is 0.0885. The van der Waals surface area contributed by atoms with Crippen molar-refractivity contribution in [1.29, 1.82) is 0 Å². The van der Waals surface area contributed by atoms with E-state index in [9.17, 15) is 9.90 Å². The van der Waals surface area contributed by atoms with Crippen LogP contribution in [0.25, 0.3) is 6.08 Å². The van der Waals surface area contributed by atoms with Gasteiger partial charge in [0.2, 0.25) is 0 Å². The molecule has 3 nitrogen and oxygen atoms in total. The maximum atomic E-state index is 12.0. The Morgan fingerprint density at radius 3 is 2.48 bits per heavy atom. The van der Waals surface area contributed by atoms with E-state index in [1.807, 2.05) is 19.9 Å². The molecule has 0 aliphatic rings. The Balaban J connectivity index is 2.06. The molecule has 108 valence electrons. The molecule has 2 aromatic carbocycles. The van der Waals surface area contributed by atoms with Gasteiger partial charge in [-0.2, -0.15) is 0 Å². The molecule has 0 heterocycles. The Bertz CT molecular complexity index is 640. The van der Waals surface area contributed by atoms with Crippen LogP contribution < -0.4 is 4.74 Å². The van der Waals surface area contributed by atoms with E-state index in [2.05, 4.69) is 0 Å². The van der Waals surface area contributed by atoms with Gasteiger partial charge in [0.1, 0.15) is 11.5 Å². The van der Waals surface area contributed by atoms with E-state index in [-0.39, 0.29) is 17.6 Å². The summed E-state index contributed by atoms with van der Waals surface area (Å²) in [5.74, 6) is 0.840. The lowest BCUT2D eigenvalue weighted by molar-refractivity contribution is 0.104. The number of carbonyl (C=O) groups excluding carboxylic acids is 1. The number of aromatic hydroxyl groups is 1. The molecule has 0 unspecified atom stereocenters. The van der Waals surface area contributed by atoms with Gasteiger partial charge in [-0.3, -0.25) is 4.79 Å². The van der Waals surface area contributed by atoms with E-state index in [4.69, 9.17) is 4.74 Å². The molecular weight excluding hydrogens is 264 g/mol. The molecule has 0 saturated heterocycles. The number of benzene rings is 2. The Morgan fingerprint density at radius 2 is 1.86 bits per heavy atom. The minimum atomic E-state index is -0.0885. The largest absolute Gasteiger partial charge is 0.508 e. The third-order valence-electron chi connectivity index (χ3n) is 2.81. The van der Waals surface area contributed by atoms with Crippen LogP contribution >= 0.6 is 0 Å². The molecule has 0 aliphatic heterocycles. The Hall–Kier alpha value is -2.55. The Labute approximate surface area is 124 Å². The standard InChI is InChI=1S/C18H18O3/c1-13(2)21-17-9-7-15(8-10-17)18(20)11-6-14-4-3-5-16(19)12-14/h3-13,19H,1-2H3. The molecule has 2 aromatic rings. The second-order valence-electron chi connectivity index (χ2n) is 4.98. The second-order valence-corrected chi connectivity index (χ2v) is 4.98. The SMILES string of the molecule is CC(C)Oc1ccc(C(=O)C=Cc2cccc(O)c2)cc1. The molecule has 0 aliphatic carbocycles. The van der Waals surface area contributed by atoms with Gasteiger partial charge in [0.15, 0.2) is 5.78 Å². The number of ketones is 1. The van der Waals surface area contributed by atoms with E-state index in [1.54, 1.807) is 48.5 Å². The predicted octanol–water partition coefficient (Wildman–Crippen LogP) is 4.08. The van der Waals surface area contributed by atoms with Crippen molar-refractivity contribution in [2.75, 3.05) is 0 Å². The van der Waals surface area contributed by atoms with Crippen LogP contribution in [0.2, 0.25) is 0 Å². The number of phenolic OH excluding ortho intramolecular Hbond substituents is 1. The highest BCUT2D eigenvalue weighted by atomic mass is 16.5. The van der Waals surface area contributed by atoms with Gasteiger partial charge in [-0.1, -0.05) is 18.2 Å². The Kier molecular flexibility index (Phi) is 4.77. The zero-order valence-electron chi connectivity index (χ0n) is 12.1. The van der Waals surface area contributed by atoms with Crippen LogP contribution in [-0.2, 0) is 0 Å². The van der Waals surface area contributed by atoms with Gasteiger partial charge in [-0.15, -0.1) is 0 Å². The fourth-order valence-corrected chi connectivity index (χ4v) is 1.87. The monoisotopic (exact) mass is 282 g/mol. The number of ether oxygens (including phenoxy) is 1. The molecule has 0 bridgehead atoms. The van der Waals surface area contributed by atoms with Crippen LogP contribution in [0.15, 0.2) is 54.6 Å². The number of hydrogen-bond acceptors (Lipinski definition) is 3. The van der Waals surface area contributed by atoms with Crippen LogP contribution in [0.1, 0.15) is 29.8 Å². The Morgan fingerprint density at radius 1 is 1.14 bits per heavy atom. The van der Waals surface area contributed by atoms with Crippen molar-refractivity contribution >= 4 is 11.9 Å². The number of allylic oxidation sites excluding steroid dienone is 1. The first-order chi connectivity index (χ1) is 10.0. The lowest BCUT2D eigenvalue weighted by Gasteiger charge is -2.09. The van der Waals surface area contributed by atoms with Crippen molar-refractivity contribution in [1.82, 2.24) is 0 Å². The first-order valence-corrected chi connectivity index (χ1v) is 6.83. The highest BCUT2D eigenvalue weighted by molar-refractivity contribution is 6.06. The summed E-state index contributed by atoms with van der Waals surface area (Å²) in [6.45, 7) is 3.91. The molecule has 0 spiro atoms. The molecular formula is C18H18O3. The molecule has 0 fully saturated rings. The van der Waals surface area contributed by atoms with Crippen molar-refractivity contribution in [2.24, 2.45) is 0 Å². The average molecular weight is 282 g/mol. The van der Waals surface area contributed by atoms with Crippen LogP contribution in [0.5, 0.6) is 11.5 Å². The summed E-state index contributed by atoms with van der Waals surface area (Å²) in [5.41, 5.74) is 1.38. The zero-order chi connectivity index (χ0) is 15.2. The smallest absolute Gasteiger partial charge is 0.185 e. The van der Waals surface area contributed by atoms with Crippen molar-refractivity contribution in [3.05, 3.63) is 65.7 Å². The first-order valence-electron chi connectivity index (χ1n) is 6.83. The third-order valence-corrected chi connectivity index (χ3v) is 2.81. The van der Waals surface area contributed by atoms with Crippen molar-refractivity contribution in [3.8, 4) is 11.5 Å². The van der Waals surface area contributed by atoms with Gasteiger partial charge < -0.3 is 9.84 Å². The molecule has 0 amide bonds. The highest BCUT2D eigenvalue weighted by Gasteiger charge is 2.03. The molecule has 2 rings (SSSR count). The first kappa shape index (κ1) is 14.9. The van der Waals surface area contributed by atoms with Gasteiger partial charge in [0.05, 0.1) is 6.10 Å². The minimum Gasteiger partial charge on any atom is -0.508 e. The fourth-order valence-electron chi connectivity index (χ4n) is 1.87. The summed E-state index contributed by atoms with van der Waals surface area (Å²) in [7, 11) is 0. The molecule has 0 saturated carbocycles. The van der Waals surface area contributed by atoms with Gasteiger partial charge in [0.25, 0.3) is 0 Å². The summed E-state index contributed by atoms with van der Waals surface area (Å²) in [4.78, 5) is 12.0. The molecule has 0 atom stereocenters. The van der Waals surface area contributed by atoms with Gasteiger partial charge >= 0.3 is 0 Å². The summed E-state index contributed by atoms with van der Waals surface area (Å²) >= 11 is 0. The summed E-state index contributed by atoms with van der Waals surface area (Å²) < 4.78 is 5.53. The number of phenols is 1. The van der Waals surface area contributed by atoms with Crippen LogP contribution in [0.3, 0.4) is 0 Å². The fraction of sp³-hybridized carbons (Fsp3) is 0.167. The van der Waals surface area contributed by atoms with E-state index in [0.29, 0.717) is 5.56 Å². The molecule has 3 heteroatoms. The van der Waals surface area contributed by atoms with Crippen molar-refractivity contribution in [2.45, 2.75) is 20.0 Å². The summed E-state index contributed by atoms with van der Waals surface area (Å²) in [5, 5.41) is 9.37. The molecule has 0 aromatic heterocycles. The van der Waals surface area contributed by atoms with Gasteiger partial charge in [0, 0.05) is 5.56 Å². The van der Waals surface area contributed by atoms with Crippen molar-refractivity contribution < 1.29 is 14.6 Å². The quantitative estimate of drug-likeness (QED) is 0.664. The second kappa shape index (κ2) is 6.75. The maximum absolute atomic E-state index is 12.0. The number of rotatable bonds is 5. The third kappa shape index (κ3) is 4.49. The molecule has 21 heavy (non-hydrogen) atoms. The van der Waals surface area contributed by atoms with Gasteiger partial charge in [-0.05, 0) is 61.9 Å². The average Bonchev–Trinajstić information content (AvgIpc) is 2.45. The predicted molar refractivity (Wildman–Crippen MR) is 83.7 cm³/mol. The lowest BCUT2D eigenvalue weighted by Crippen LogP contribution is -2.05. The van der Waals surface area contributed by atoms with E-state index in [1.165, 1.54) is 6.08 Å². The van der Waals surface area contributed by atoms with E-state index in [0.717, 1.165) is 11.3 Å². The van der Waals surface area contributed by atoms with Crippen LogP contribution in [0.4, 0.5) is 0 Å². The summed E-state index contributed by atoms with van der Waals surface area (Å²) in [6.07, 6.45) is 3.28. The van der Waals surface area contributed by atoms with Gasteiger partial charge in [-0.25, -0.2) is 0 Å². The highest BCUT2D eigenvalue weighted by Crippen LogP contribution is 2.16. The molecule has 0 radical (unpaired) electrons. The lowest BCUT2D eigenvalue weighted by atomic mass is 10.1. The molecule has 1 N–H and O–H groups in total. The zero-order valence-corrected chi connectivity index (χ0v) is 12.1. The number of hydrogen-bond donors (Lipinski definition) is 1. The summed E-state index contributed by atoms with van der Waals surface area (Å²) in [6, 6.07) is 13.8. The maximum Gasteiger partial charge on any atom is 0.185 e. The van der Waals surface area contributed by atoms with Crippen LogP contribution in [-0.4, -0.2) is 17.0 Å². The topological polar surface area (TPSA) is 46.5 Å². The number of carbonyl (C=O) groups is 1. The normalized spacial score (nSPS) is 11.0. The van der Waals surface area contributed by atoms with Crippen LogP contribution in [0, 0.1) is 0 Å². The van der Waals surface area contributed by atoms with E-state index < -0.39 is 0 Å². The van der Waals surface area contributed by atoms with E-state index >= 15 is 0 Å².